The Morgan fingerprint density at radius 2 is 1.73 bits per heavy atom. The summed E-state index contributed by atoms with van der Waals surface area (Å²) in [5.74, 6) is 2.66. The first-order chi connectivity index (χ1) is 17.8. The SMILES string of the molecule is CCCNCc1cc(C(=O)N2CCN(CC3CCN(C)CC3)CC2)co1.COc1cc(C)c(S)c(C)c1. The molecule has 0 radical (unpaired) electrons. The van der Waals surface area contributed by atoms with Gasteiger partial charge in [-0.15, -0.1) is 12.6 Å². The van der Waals surface area contributed by atoms with Gasteiger partial charge in [-0.25, -0.2) is 0 Å². The molecule has 2 aromatic rings. The second-order valence-corrected chi connectivity index (χ2v) is 10.9. The first-order valence-electron chi connectivity index (χ1n) is 13.6. The van der Waals surface area contributed by atoms with Crippen LogP contribution in [0.3, 0.4) is 0 Å². The summed E-state index contributed by atoms with van der Waals surface area (Å²) in [4.78, 5) is 20.7. The topological polar surface area (TPSA) is 61.2 Å². The van der Waals surface area contributed by atoms with Gasteiger partial charge in [0.15, 0.2) is 0 Å². The molecule has 1 aromatic carbocycles. The first kappa shape index (κ1) is 29.6. The molecule has 0 saturated carbocycles. The van der Waals surface area contributed by atoms with E-state index >= 15 is 0 Å². The first-order valence-corrected chi connectivity index (χ1v) is 14.1. The molecule has 8 heteroatoms. The van der Waals surface area contributed by atoms with Crippen molar-refractivity contribution in [1.82, 2.24) is 20.0 Å². The highest BCUT2D eigenvalue weighted by Crippen LogP contribution is 2.24. The molecule has 0 unspecified atom stereocenters. The van der Waals surface area contributed by atoms with Gasteiger partial charge in [0.05, 0.1) is 19.2 Å². The number of benzene rings is 1. The lowest BCUT2D eigenvalue weighted by molar-refractivity contribution is 0.0593. The lowest BCUT2D eigenvalue weighted by Gasteiger charge is -2.38. The highest BCUT2D eigenvalue weighted by atomic mass is 32.1. The fourth-order valence-corrected chi connectivity index (χ4v) is 5.06. The van der Waals surface area contributed by atoms with Crippen LogP contribution in [0, 0.1) is 19.8 Å². The third-order valence-electron chi connectivity index (χ3n) is 7.34. The lowest BCUT2D eigenvalue weighted by atomic mass is 9.96. The molecule has 0 atom stereocenters. The Hall–Kier alpha value is -2.00. The molecule has 0 bridgehead atoms. The number of furan rings is 1. The number of ether oxygens (including phenoxy) is 1. The van der Waals surface area contributed by atoms with Crippen LogP contribution in [0.1, 0.15) is 53.4 Å². The third-order valence-corrected chi connectivity index (χ3v) is 8.05. The van der Waals surface area contributed by atoms with E-state index < -0.39 is 0 Å². The van der Waals surface area contributed by atoms with Gasteiger partial charge >= 0.3 is 0 Å². The van der Waals surface area contributed by atoms with Crippen molar-refractivity contribution in [3.63, 3.8) is 0 Å². The van der Waals surface area contributed by atoms with Crippen LogP contribution in [0.5, 0.6) is 5.75 Å². The molecular formula is C29H46N4O3S. The van der Waals surface area contributed by atoms with Crippen LogP contribution >= 0.6 is 12.6 Å². The average Bonchev–Trinajstić information content (AvgIpc) is 3.38. The quantitative estimate of drug-likeness (QED) is 0.388. The maximum atomic E-state index is 12.7. The van der Waals surface area contributed by atoms with E-state index in [4.69, 9.17) is 9.15 Å². The van der Waals surface area contributed by atoms with Gasteiger partial charge in [0.2, 0.25) is 0 Å². The van der Waals surface area contributed by atoms with Gasteiger partial charge in [0, 0.05) is 37.6 Å². The molecule has 2 fully saturated rings. The second kappa shape index (κ2) is 14.8. The van der Waals surface area contributed by atoms with Crippen LogP contribution in [0.15, 0.2) is 33.8 Å². The van der Waals surface area contributed by atoms with Crippen LogP contribution in [0.25, 0.3) is 0 Å². The summed E-state index contributed by atoms with van der Waals surface area (Å²) in [6, 6.07) is 5.85. The number of likely N-dealkylation sites (tertiary alicyclic amines) is 1. The van der Waals surface area contributed by atoms with Crippen molar-refractivity contribution in [3.05, 3.63) is 46.9 Å². The second-order valence-electron chi connectivity index (χ2n) is 10.4. The van der Waals surface area contributed by atoms with Crippen molar-refractivity contribution in [2.24, 2.45) is 5.92 Å². The van der Waals surface area contributed by atoms with Crippen molar-refractivity contribution in [1.29, 1.82) is 0 Å². The largest absolute Gasteiger partial charge is 0.497 e. The van der Waals surface area contributed by atoms with E-state index in [-0.39, 0.29) is 5.91 Å². The summed E-state index contributed by atoms with van der Waals surface area (Å²) in [6.45, 7) is 15.1. The molecule has 3 heterocycles. The number of amides is 1. The average molecular weight is 531 g/mol. The molecule has 0 aliphatic carbocycles. The fraction of sp³-hybridized carbons (Fsp3) is 0.621. The molecular weight excluding hydrogens is 484 g/mol. The van der Waals surface area contributed by atoms with Crippen molar-refractivity contribution < 1.29 is 13.9 Å². The molecule has 2 aliphatic heterocycles. The number of hydrogen-bond donors (Lipinski definition) is 2. The van der Waals surface area contributed by atoms with Gasteiger partial charge in [-0.1, -0.05) is 6.92 Å². The van der Waals surface area contributed by atoms with Crippen molar-refractivity contribution in [2.75, 3.05) is 66.5 Å². The van der Waals surface area contributed by atoms with E-state index in [1.54, 1.807) is 13.4 Å². The van der Waals surface area contributed by atoms with E-state index in [0.29, 0.717) is 12.1 Å². The number of carbonyl (C=O) groups excluding carboxylic acids is 1. The Kier molecular flexibility index (Phi) is 11.8. The Bertz CT molecular complexity index is 956. The number of thiol groups is 1. The van der Waals surface area contributed by atoms with Crippen molar-refractivity contribution in [2.45, 2.75) is 51.5 Å². The van der Waals surface area contributed by atoms with Gasteiger partial charge in [0.1, 0.15) is 17.8 Å². The number of piperazine rings is 1. The van der Waals surface area contributed by atoms with Crippen molar-refractivity contribution in [3.8, 4) is 5.75 Å². The lowest BCUT2D eigenvalue weighted by Crippen LogP contribution is -2.50. The molecule has 37 heavy (non-hydrogen) atoms. The summed E-state index contributed by atoms with van der Waals surface area (Å²) >= 11 is 4.34. The van der Waals surface area contributed by atoms with E-state index in [0.717, 1.165) is 72.6 Å². The van der Waals surface area contributed by atoms with E-state index in [1.807, 2.05) is 36.9 Å². The summed E-state index contributed by atoms with van der Waals surface area (Å²) < 4.78 is 10.6. The number of nitrogens with zero attached hydrogens (tertiary/aromatic N) is 3. The smallest absolute Gasteiger partial charge is 0.257 e. The molecule has 1 N–H and O–H groups in total. The number of aryl methyl sites for hydroxylation is 2. The zero-order valence-corrected chi connectivity index (χ0v) is 24.3. The summed E-state index contributed by atoms with van der Waals surface area (Å²) in [5.41, 5.74) is 3.00. The Morgan fingerprint density at radius 1 is 1.08 bits per heavy atom. The monoisotopic (exact) mass is 530 g/mol. The van der Waals surface area contributed by atoms with Crippen LogP contribution in [-0.2, 0) is 6.54 Å². The standard InChI is InChI=1S/C20H34N4O2.C9H12OS/c1-3-6-21-14-19-13-18(16-26-19)20(25)24-11-9-23(10-12-24)15-17-4-7-22(2)8-5-17;1-6-4-8(10-3)5-7(2)9(6)11/h13,16-17,21H,3-12,14-15H2,1-2H3;4-5,11H,1-3H3. The van der Waals surface area contributed by atoms with E-state index in [2.05, 4.69) is 41.7 Å². The van der Waals surface area contributed by atoms with Crippen LogP contribution in [0.2, 0.25) is 0 Å². The fourth-order valence-electron chi connectivity index (χ4n) is 4.93. The summed E-state index contributed by atoms with van der Waals surface area (Å²) in [5, 5.41) is 3.30. The molecule has 0 spiro atoms. The Balaban J connectivity index is 0.000000289. The summed E-state index contributed by atoms with van der Waals surface area (Å²) in [6.07, 6.45) is 5.31. The zero-order valence-electron chi connectivity index (χ0n) is 23.4. The molecule has 1 amide bonds. The Labute approximate surface area is 228 Å². The van der Waals surface area contributed by atoms with Crippen molar-refractivity contribution >= 4 is 18.5 Å². The molecule has 4 rings (SSSR count). The van der Waals surface area contributed by atoms with Gasteiger partial charge in [-0.05, 0) is 95.0 Å². The number of rotatable bonds is 8. The number of hydrogen-bond acceptors (Lipinski definition) is 7. The minimum Gasteiger partial charge on any atom is -0.497 e. The van der Waals surface area contributed by atoms with Crippen LogP contribution < -0.4 is 10.1 Å². The Morgan fingerprint density at radius 3 is 2.32 bits per heavy atom. The molecule has 2 saturated heterocycles. The minimum atomic E-state index is 0.106. The predicted molar refractivity (Wildman–Crippen MR) is 153 cm³/mol. The maximum absolute atomic E-state index is 12.7. The third kappa shape index (κ3) is 9.06. The van der Waals surface area contributed by atoms with Crippen LogP contribution in [0.4, 0.5) is 0 Å². The number of piperidine rings is 1. The summed E-state index contributed by atoms with van der Waals surface area (Å²) in [7, 11) is 3.88. The number of nitrogens with one attached hydrogen (secondary N) is 1. The minimum absolute atomic E-state index is 0.106. The van der Waals surface area contributed by atoms with Crippen LogP contribution in [-0.4, -0.2) is 87.1 Å². The molecule has 2 aliphatic rings. The van der Waals surface area contributed by atoms with E-state index in [9.17, 15) is 4.79 Å². The van der Waals surface area contributed by atoms with Gasteiger partial charge in [-0.2, -0.15) is 0 Å². The van der Waals surface area contributed by atoms with Gasteiger partial charge < -0.3 is 24.3 Å². The zero-order chi connectivity index (χ0) is 26.8. The highest BCUT2D eigenvalue weighted by molar-refractivity contribution is 7.80. The number of methoxy groups -OCH3 is 1. The predicted octanol–water partition coefficient (Wildman–Crippen LogP) is 4.48. The highest BCUT2D eigenvalue weighted by Gasteiger charge is 2.26. The number of carbonyl (C=O) groups is 1. The van der Waals surface area contributed by atoms with Gasteiger partial charge in [0.25, 0.3) is 5.91 Å². The molecule has 7 nitrogen and oxygen atoms in total. The molecule has 1 aromatic heterocycles. The van der Waals surface area contributed by atoms with Gasteiger partial charge in [-0.3, -0.25) is 9.69 Å². The maximum Gasteiger partial charge on any atom is 0.257 e. The molecule has 206 valence electrons. The normalized spacial score (nSPS) is 17.4. The van der Waals surface area contributed by atoms with E-state index in [1.165, 1.54) is 32.5 Å².